The Labute approximate surface area is 74.6 Å². The van der Waals surface area contributed by atoms with Gasteiger partial charge in [-0.05, 0) is 34.9 Å². The Bertz CT molecular complexity index is 403. The van der Waals surface area contributed by atoms with Gasteiger partial charge in [0.05, 0.1) is 0 Å². The zero-order chi connectivity index (χ0) is 8.55. The molecule has 1 heterocycles. The van der Waals surface area contributed by atoms with E-state index in [0.29, 0.717) is 0 Å². The number of hydrogen-bond acceptors (Lipinski definition) is 1. The molecule has 2 heteroatoms. The largest absolute Gasteiger partial charge is 0.246 e. The lowest BCUT2D eigenvalue weighted by atomic mass is 10.1. The highest BCUT2D eigenvalue weighted by Crippen LogP contribution is 2.26. The fourth-order valence-electron chi connectivity index (χ4n) is 1.29. The van der Waals surface area contributed by atoms with Gasteiger partial charge in [-0.2, -0.15) is 0 Å². The van der Waals surface area contributed by atoms with Crippen LogP contribution in [0.2, 0.25) is 0 Å². The summed E-state index contributed by atoms with van der Waals surface area (Å²) >= 11 is 1.68. The molecule has 0 fully saturated rings. The molecular formula is C10H9FS. The van der Waals surface area contributed by atoms with Crippen LogP contribution in [0.5, 0.6) is 0 Å². The molecule has 0 atom stereocenters. The fraction of sp³-hybridized carbons (Fsp3) is 0.200. The Morgan fingerprint density at radius 1 is 1.42 bits per heavy atom. The maximum absolute atomic E-state index is 12.3. The maximum Gasteiger partial charge on any atom is 0.115 e. The lowest BCUT2D eigenvalue weighted by Crippen LogP contribution is -1.76. The van der Waals surface area contributed by atoms with Crippen LogP contribution < -0.4 is 0 Å². The normalized spacial score (nSPS) is 10.8. The van der Waals surface area contributed by atoms with Gasteiger partial charge in [-0.3, -0.25) is 0 Å². The van der Waals surface area contributed by atoms with Crippen molar-refractivity contribution in [2.24, 2.45) is 0 Å². The zero-order valence-corrected chi connectivity index (χ0v) is 7.62. The molecule has 0 unspecified atom stereocenters. The molecule has 0 N–H and O–H groups in total. The van der Waals surface area contributed by atoms with Gasteiger partial charge in [-0.25, -0.2) is 4.39 Å². The highest BCUT2D eigenvalue weighted by Gasteiger charge is 2.00. The van der Waals surface area contributed by atoms with Gasteiger partial charge in [0.2, 0.25) is 0 Å². The van der Waals surface area contributed by atoms with Crippen LogP contribution in [0, 0.1) is 6.92 Å². The Kier molecular flexibility index (Phi) is 1.85. The number of aryl methyl sites for hydroxylation is 1. The smallest absolute Gasteiger partial charge is 0.115 e. The predicted octanol–water partition coefficient (Wildman–Crippen LogP) is 3.68. The van der Waals surface area contributed by atoms with Crippen LogP contribution in [0.25, 0.3) is 10.1 Å². The summed E-state index contributed by atoms with van der Waals surface area (Å²) in [5, 5.41) is 3.35. The first-order valence-corrected chi connectivity index (χ1v) is 4.72. The molecule has 2 rings (SSSR count). The van der Waals surface area contributed by atoms with E-state index in [1.165, 1.54) is 15.6 Å². The van der Waals surface area contributed by atoms with Gasteiger partial charge < -0.3 is 0 Å². The van der Waals surface area contributed by atoms with Crippen molar-refractivity contribution in [1.82, 2.24) is 0 Å². The minimum Gasteiger partial charge on any atom is -0.246 e. The maximum atomic E-state index is 12.3. The molecule has 12 heavy (non-hydrogen) atoms. The monoisotopic (exact) mass is 180 g/mol. The molecule has 0 saturated heterocycles. The Hall–Kier alpha value is -0.890. The van der Waals surface area contributed by atoms with Crippen molar-refractivity contribution >= 4 is 21.4 Å². The quantitative estimate of drug-likeness (QED) is 0.628. The Morgan fingerprint density at radius 2 is 2.25 bits per heavy atom. The van der Waals surface area contributed by atoms with E-state index in [-0.39, 0.29) is 6.67 Å². The lowest BCUT2D eigenvalue weighted by molar-refractivity contribution is 0.485. The first-order chi connectivity index (χ1) is 5.81. The van der Waals surface area contributed by atoms with E-state index >= 15 is 0 Å². The van der Waals surface area contributed by atoms with E-state index < -0.39 is 0 Å². The minimum atomic E-state index is -0.368. The average Bonchev–Trinajstić information content (AvgIpc) is 2.47. The Balaban J connectivity index is 2.69. The zero-order valence-electron chi connectivity index (χ0n) is 6.80. The number of thiophene rings is 1. The van der Waals surface area contributed by atoms with Crippen LogP contribution in [-0.2, 0) is 6.67 Å². The second-order valence-corrected chi connectivity index (χ2v) is 3.79. The van der Waals surface area contributed by atoms with Gasteiger partial charge >= 0.3 is 0 Å². The minimum absolute atomic E-state index is 0.368. The number of benzene rings is 1. The molecule has 0 aliphatic rings. The van der Waals surface area contributed by atoms with E-state index in [0.717, 1.165) is 5.56 Å². The molecule has 0 spiro atoms. The topological polar surface area (TPSA) is 0 Å². The molecule has 1 aromatic heterocycles. The van der Waals surface area contributed by atoms with E-state index in [1.54, 1.807) is 11.3 Å². The molecule has 2 aromatic rings. The van der Waals surface area contributed by atoms with Gasteiger partial charge in [0.15, 0.2) is 0 Å². The highest BCUT2D eigenvalue weighted by atomic mass is 32.1. The lowest BCUT2D eigenvalue weighted by Gasteiger charge is -1.94. The van der Waals surface area contributed by atoms with Crippen molar-refractivity contribution in [1.29, 1.82) is 0 Å². The third kappa shape index (κ3) is 1.12. The van der Waals surface area contributed by atoms with Crippen LogP contribution in [0.4, 0.5) is 4.39 Å². The highest BCUT2D eigenvalue weighted by molar-refractivity contribution is 7.17. The fourth-order valence-corrected chi connectivity index (χ4v) is 2.29. The van der Waals surface area contributed by atoms with Gasteiger partial charge in [-0.1, -0.05) is 12.1 Å². The van der Waals surface area contributed by atoms with Crippen molar-refractivity contribution in [2.45, 2.75) is 13.6 Å². The standard InChI is InChI=1S/C10H9FS/c1-7-6-12-10-4-8(5-11)2-3-9(7)10/h2-4,6H,5H2,1H3. The van der Waals surface area contributed by atoms with Crippen LogP contribution in [0.1, 0.15) is 11.1 Å². The number of hydrogen-bond donors (Lipinski definition) is 0. The van der Waals surface area contributed by atoms with Crippen molar-refractivity contribution < 1.29 is 4.39 Å². The summed E-state index contributed by atoms with van der Waals surface area (Å²) < 4.78 is 13.4. The number of alkyl halides is 1. The number of halogens is 1. The second kappa shape index (κ2) is 2.87. The molecule has 0 saturated carbocycles. The summed E-state index contributed by atoms with van der Waals surface area (Å²) in [6, 6.07) is 5.77. The summed E-state index contributed by atoms with van der Waals surface area (Å²) in [6.45, 7) is 1.71. The van der Waals surface area contributed by atoms with Gasteiger partial charge in [-0.15, -0.1) is 11.3 Å². The van der Waals surface area contributed by atoms with E-state index in [1.807, 2.05) is 18.2 Å². The molecule has 1 aromatic carbocycles. The molecule has 0 nitrogen and oxygen atoms in total. The third-order valence-electron chi connectivity index (χ3n) is 1.99. The van der Waals surface area contributed by atoms with Crippen molar-refractivity contribution in [3.63, 3.8) is 0 Å². The molecular weight excluding hydrogens is 171 g/mol. The number of rotatable bonds is 1. The van der Waals surface area contributed by atoms with Crippen LogP contribution >= 0.6 is 11.3 Å². The Morgan fingerprint density at radius 3 is 3.00 bits per heavy atom. The summed E-state index contributed by atoms with van der Waals surface area (Å²) in [4.78, 5) is 0. The van der Waals surface area contributed by atoms with Crippen molar-refractivity contribution in [2.75, 3.05) is 0 Å². The van der Waals surface area contributed by atoms with Crippen LogP contribution in [-0.4, -0.2) is 0 Å². The second-order valence-electron chi connectivity index (χ2n) is 2.88. The van der Waals surface area contributed by atoms with Gasteiger partial charge in [0.25, 0.3) is 0 Å². The van der Waals surface area contributed by atoms with Crippen LogP contribution in [0.3, 0.4) is 0 Å². The predicted molar refractivity (Wildman–Crippen MR) is 51.4 cm³/mol. The third-order valence-corrected chi connectivity index (χ3v) is 3.05. The molecule has 0 bridgehead atoms. The molecule has 0 amide bonds. The van der Waals surface area contributed by atoms with E-state index in [4.69, 9.17) is 0 Å². The molecule has 0 radical (unpaired) electrons. The first kappa shape index (κ1) is 7.74. The van der Waals surface area contributed by atoms with Crippen molar-refractivity contribution in [3.05, 3.63) is 34.7 Å². The molecule has 62 valence electrons. The number of fused-ring (bicyclic) bond motifs is 1. The van der Waals surface area contributed by atoms with Crippen molar-refractivity contribution in [3.8, 4) is 0 Å². The van der Waals surface area contributed by atoms with E-state index in [9.17, 15) is 4.39 Å². The summed E-state index contributed by atoms with van der Waals surface area (Å²) in [7, 11) is 0. The van der Waals surface area contributed by atoms with Gasteiger partial charge in [0, 0.05) is 4.70 Å². The average molecular weight is 180 g/mol. The van der Waals surface area contributed by atoms with Crippen LogP contribution in [0.15, 0.2) is 23.6 Å². The van der Waals surface area contributed by atoms with E-state index in [2.05, 4.69) is 12.3 Å². The first-order valence-electron chi connectivity index (χ1n) is 3.84. The van der Waals surface area contributed by atoms with Gasteiger partial charge in [0.1, 0.15) is 6.67 Å². The summed E-state index contributed by atoms with van der Waals surface area (Å²) in [6.07, 6.45) is 0. The molecule has 0 aliphatic carbocycles. The summed E-state index contributed by atoms with van der Waals surface area (Å²) in [5.74, 6) is 0. The summed E-state index contributed by atoms with van der Waals surface area (Å²) in [5.41, 5.74) is 2.05. The SMILES string of the molecule is Cc1csc2cc(CF)ccc12. The molecule has 0 aliphatic heterocycles.